The number of hydrogen-bond acceptors (Lipinski definition) is 1. The van der Waals surface area contributed by atoms with E-state index in [2.05, 4.69) is 20.8 Å². The molecule has 0 aromatic rings. The number of rotatable bonds is 2. The molecule has 13 heavy (non-hydrogen) atoms. The fraction of sp³-hybridized carbons (Fsp3) is 0.909. The Morgan fingerprint density at radius 2 is 2.15 bits per heavy atom. The third-order valence-corrected chi connectivity index (χ3v) is 3.76. The van der Waals surface area contributed by atoms with Gasteiger partial charge < -0.3 is 5.11 Å². The maximum absolute atomic E-state index is 10.9. The molecule has 1 aliphatic rings. The van der Waals surface area contributed by atoms with E-state index in [1.54, 1.807) is 0 Å². The van der Waals surface area contributed by atoms with Crippen molar-refractivity contribution in [1.29, 1.82) is 0 Å². The molecule has 0 heterocycles. The number of carboxylic acid groups (broad SMARTS) is 1. The second-order valence-electron chi connectivity index (χ2n) is 4.94. The Balaban J connectivity index is 2.65. The maximum atomic E-state index is 10.9. The van der Waals surface area contributed by atoms with Gasteiger partial charge in [0.25, 0.3) is 0 Å². The summed E-state index contributed by atoms with van der Waals surface area (Å²) in [6.45, 7) is 6.63. The summed E-state index contributed by atoms with van der Waals surface area (Å²) in [5.41, 5.74) is 0.251. The standard InChI is InChI=1S/C11H20O2/c1-8(2)11(3)6-4-5-9(7-11)10(12)13/h8-9H,4-7H2,1-3H3,(H,12,13)/t9-,11+/m1/s1. The summed E-state index contributed by atoms with van der Waals surface area (Å²) in [5.74, 6) is -0.109. The highest BCUT2D eigenvalue weighted by molar-refractivity contribution is 5.70. The van der Waals surface area contributed by atoms with Crippen LogP contribution < -0.4 is 0 Å². The van der Waals surface area contributed by atoms with Gasteiger partial charge in [-0.05, 0) is 30.6 Å². The molecule has 1 fully saturated rings. The lowest BCUT2D eigenvalue weighted by atomic mass is 9.65. The van der Waals surface area contributed by atoms with Crippen molar-refractivity contribution < 1.29 is 9.90 Å². The molecule has 0 aromatic carbocycles. The first-order valence-electron chi connectivity index (χ1n) is 5.18. The number of carbonyl (C=O) groups is 1. The van der Waals surface area contributed by atoms with E-state index in [0.717, 1.165) is 19.3 Å². The van der Waals surface area contributed by atoms with Gasteiger partial charge in [-0.3, -0.25) is 4.79 Å². The van der Waals surface area contributed by atoms with Crippen molar-refractivity contribution >= 4 is 5.97 Å². The van der Waals surface area contributed by atoms with Crippen molar-refractivity contribution in [3.63, 3.8) is 0 Å². The minimum absolute atomic E-state index is 0.0962. The first kappa shape index (κ1) is 10.6. The molecule has 0 saturated heterocycles. The van der Waals surface area contributed by atoms with Crippen LogP contribution >= 0.6 is 0 Å². The first-order chi connectivity index (χ1) is 5.96. The molecular weight excluding hydrogens is 164 g/mol. The normalized spacial score (nSPS) is 34.9. The van der Waals surface area contributed by atoms with E-state index in [9.17, 15) is 4.79 Å². The molecule has 2 heteroatoms. The Morgan fingerprint density at radius 1 is 1.54 bits per heavy atom. The SMILES string of the molecule is CC(C)[C@@]1(C)CCC[C@@H](C(=O)O)C1. The second-order valence-corrected chi connectivity index (χ2v) is 4.94. The molecule has 0 aliphatic heterocycles. The van der Waals surface area contributed by atoms with Crippen molar-refractivity contribution in [2.24, 2.45) is 17.3 Å². The second kappa shape index (κ2) is 3.69. The summed E-state index contributed by atoms with van der Waals surface area (Å²) in [6, 6.07) is 0. The zero-order chi connectivity index (χ0) is 10.1. The van der Waals surface area contributed by atoms with Crippen molar-refractivity contribution in [2.75, 3.05) is 0 Å². The lowest BCUT2D eigenvalue weighted by Crippen LogP contribution is -2.33. The topological polar surface area (TPSA) is 37.3 Å². The molecule has 1 aliphatic carbocycles. The lowest BCUT2D eigenvalue weighted by molar-refractivity contribution is -0.144. The summed E-state index contributed by atoms with van der Waals surface area (Å²) in [7, 11) is 0. The van der Waals surface area contributed by atoms with Gasteiger partial charge in [0.05, 0.1) is 5.92 Å². The summed E-state index contributed by atoms with van der Waals surface area (Å²) in [4.78, 5) is 10.9. The number of carboxylic acids is 1. The summed E-state index contributed by atoms with van der Waals surface area (Å²) >= 11 is 0. The largest absolute Gasteiger partial charge is 0.481 e. The Hall–Kier alpha value is -0.530. The third kappa shape index (κ3) is 2.23. The van der Waals surface area contributed by atoms with E-state index >= 15 is 0 Å². The van der Waals surface area contributed by atoms with Crippen LogP contribution in [0.3, 0.4) is 0 Å². The predicted octanol–water partition coefficient (Wildman–Crippen LogP) is 2.92. The Bertz CT molecular complexity index is 198. The first-order valence-corrected chi connectivity index (χ1v) is 5.18. The fourth-order valence-corrected chi connectivity index (χ4v) is 2.25. The smallest absolute Gasteiger partial charge is 0.306 e. The molecule has 2 nitrogen and oxygen atoms in total. The van der Waals surface area contributed by atoms with Gasteiger partial charge >= 0.3 is 5.97 Å². The zero-order valence-corrected chi connectivity index (χ0v) is 8.84. The lowest BCUT2D eigenvalue weighted by Gasteiger charge is -2.40. The van der Waals surface area contributed by atoms with E-state index in [4.69, 9.17) is 5.11 Å². The Labute approximate surface area is 80.3 Å². The highest BCUT2D eigenvalue weighted by Gasteiger charge is 2.37. The van der Waals surface area contributed by atoms with E-state index in [1.165, 1.54) is 6.42 Å². The minimum atomic E-state index is -0.605. The summed E-state index contributed by atoms with van der Waals surface area (Å²) in [5, 5.41) is 8.95. The molecule has 1 saturated carbocycles. The van der Waals surface area contributed by atoms with Crippen LogP contribution in [0.1, 0.15) is 46.5 Å². The van der Waals surface area contributed by atoms with Crippen molar-refractivity contribution in [3.8, 4) is 0 Å². The average molecular weight is 184 g/mol. The van der Waals surface area contributed by atoms with E-state index in [1.807, 2.05) is 0 Å². The summed E-state index contributed by atoms with van der Waals surface area (Å²) in [6.07, 6.45) is 4.00. The van der Waals surface area contributed by atoms with Crippen LogP contribution in [0, 0.1) is 17.3 Å². The molecule has 0 spiro atoms. The fourth-order valence-electron chi connectivity index (χ4n) is 2.25. The molecule has 0 radical (unpaired) electrons. The van der Waals surface area contributed by atoms with Crippen LogP contribution in [0.4, 0.5) is 0 Å². The summed E-state index contributed by atoms with van der Waals surface area (Å²) < 4.78 is 0. The van der Waals surface area contributed by atoms with Gasteiger partial charge in [-0.15, -0.1) is 0 Å². The quantitative estimate of drug-likeness (QED) is 0.716. The molecule has 0 amide bonds. The maximum Gasteiger partial charge on any atom is 0.306 e. The van der Waals surface area contributed by atoms with Crippen molar-refractivity contribution in [1.82, 2.24) is 0 Å². The van der Waals surface area contributed by atoms with Crippen LogP contribution in [0.25, 0.3) is 0 Å². The van der Waals surface area contributed by atoms with E-state index in [-0.39, 0.29) is 11.3 Å². The van der Waals surface area contributed by atoms with Crippen molar-refractivity contribution in [3.05, 3.63) is 0 Å². The predicted molar refractivity (Wildman–Crippen MR) is 52.5 cm³/mol. The van der Waals surface area contributed by atoms with E-state index < -0.39 is 5.97 Å². The average Bonchev–Trinajstić information content (AvgIpc) is 2.04. The number of hydrogen-bond donors (Lipinski definition) is 1. The van der Waals surface area contributed by atoms with E-state index in [0.29, 0.717) is 5.92 Å². The van der Waals surface area contributed by atoms with Crippen LogP contribution in [-0.4, -0.2) is 11.1 Å². The molecule has 0 bridgehead atoms. The highest BCUT2D eigenvalue weighted by atomic mass is 16.4. The van der Waals surface area contributed by atoms with Gasteiger partial charge in [-0.25, -0.2) is 0 Å². The van der Waals surface area contributed by atoms with Gasteiger partial charge in [0.15, 0.2) is 0 Å². The zero-order valence-electron chi connectivity index (χ0n) is 8.84. The molecule has 2 atom stereocenters. The minimum Gasteiger partial charge on any atom is -0.481 e. The molecular formula is C11H20O2. The van der Waals surface area contributed by atoms with Crippen LogP contribution in [0.5, 0.6) is 0 Å². The van der Waals surface area contributed by atoms with Gasteiger partial charge in [-0.2, -0.15) is 0 Å². The molecule has 1 rings (SSSR count). The molecule has 0 unspecified atom stereocenters. The van der Waals surface area contributed by atoms with Crippen LogP contribution in [0.15, 0.2) is 0 Å². The van der Waals surface area contributed by atoms with Gasteiger partial charge in [-0.1, -0.05) is 27.2 Å². The molecule has 1 N–H and O–H groups in total. The van der Waals surface area contributed by atoms with Crippen molar-refractivity contribution in [2.45, 2.75) is 46.5 Å². The van der Waals surface area contributed by atoms with Gasteiger partial charge in [0.1, 0.15) is 0 Å². The van der Waals surface area contributed by atoms with Gasteiger partial charge in [0.2, 0.25) is 0 Å². The molecule has 0 aromatic heterocycles. The highest BCUT2D eigenvalue weighted by Crippen LogP contribution is 2.44. The monoisotopic (exact) mass is 184 g/mol. The molecule has 76 valence electrons. The van der Waals surface area contributed by atoms with Crippen LogP contribution in [-0.2, 0) is 4.79 Å². The van der Waals surface area contributed by atoms with Crippen LogP contribution in [0.2, 0.25) is 0 Å². The van der Waals surface area contributed by atoms with Gasteiger partial charge in [0, 0.05) is 0 Å². The Morgan fingerprint density at radius 3 is 2.62 bits per heavy atom. The number of aliphatic carboxylic acids is 1. The third-order valence-electron chi connectivity index (χ3n) is 3.76. The Kier molecular flexibility index (Phi) is 2.99.